The molecule has 0 unspecified atom stereocenters. The fourth-order valence-electron chi connectivity index (χ4n) is 1.71. The van der Waals surface area contributed by atoms with Gasteiger partial charge >= 0.3 is 0 Å². The molecule has 0 heterocycles. The molecule has 0 spiro atoms. The summed E-state index contributed by atoms with van der Waals surface area (Å²) < 4.78 is 0. The van der Waals surface area contributed by atoms with Crippen molar-refractivity contribution in [1.82, 2.24) is 0 Å². The van der Waals surface area contributed by atoms with Crippen molar-refractivity contribution >= 4 is 5.57 Å². The molecule has 2 rings (SSSR count). The Morgan fingerprint density at radius 2 is 1.18 bits per heavy atom. The van der Waals surface area contributed by atoms with Crippen molar-refractivity contribution in [3.05, 3.63) is 90.5 Å². The predicted octanol–water partition coefficient (Wildman–Crippen LogP) is 4.30. The van der Waals surface area contributed by atoms with Gasteiger partial charge in [0.25, 0.3) is 0 Å². The van der Waals surface area contributed by atoms with Crippen molar-refractivity contribution in [2.24, 2.45) is 0 Å². The molecule has 0 radical (unpaired) electrons. The fourth-order valence-corrected chi connectivity index (χ4v) is 1.71. The number of benzene rings is 2. The molecule has 17 heavy (non-hydrogen) atoms. The van der Waals surface area contributed by atoms with Crippen LogP contribution in [0.4, 0.5) is 0 Å². The number of hydrogen-bond acceptors (Lipinski definition) is 0. The summed E-state index contributed by atoms with van der Waals surface area (Å²) in [5, 5.41) is 0. The van der Waals surface area contributed by atoms with Crippen molar-refractivity contribution in [3.8, 4) is 0 Å². The van der Waals surface area contributed by atoms with E-state index < -0.39 is 0 Å². The third-order valence-corrected chi connectivity index (χ3v) is 2.45. The summed E-state index contributed by atoms with van der Waals surface area (Å²) in [7, 11) is 0. The van der Waals surface area contributed by atoms with Crippen LogP contribution >= 0.6 is 0 Å². The number of hydrogen-bond donors (Lipinski definition) is 0. The quantitative estimate of drug-likeness (QED) is 0.719. The maximum atomic E-state index is 3.78. The van der Waals surface area contributed by atoms with E-state index in [4.69, 9.17) is 0 Å². The molecule has 0 aliphatic carbocycles. The molecule has 0 nitrogen and oxygen atoms in total. The fraction of sp³-hybridized carbons (Fsp3) is 0. The van der Waals surface area contributed by atoms with Gasteiger partial charge in [-0.2, -0.15) is 0 Å². The second-order valence-corrected chi connectivity index (χ2v) is 3.55. The summed E-state index contributed by atoms with van der Waals surface area (Å²) >= 11 is 0. The summed E-state index contributed by atoms with van der Waals surface area (Å²) in [5.74, 6) is 0. The van der Waals surface area contributed by atoms with Crippen LogP contribution < -0.4 is 0 Å². The Morgan fingerprint density at radius 3 is 1.53 bits per heavy atom. The maximum absolute atomic E-state index is 3.78. The van der Waals surface area contributed by atoms with Gasteiger partial charge in [-0.1, -0.05) is 79.4 Å². The normalized spacial score (nSPS) is 8.94. The van der Waals surface area contributed by atoms with Crippen LogP contribution in [0.15, 0.2) is 79.4 Å². The largest absolute Gasteiger partial charge is 0.0990 e. The minimum absolute atomic E-state index is 0. The molecule has 1 heteroatoms. The summed E-state index contributed by atoms with van der Waals surface area (Å²) in [6.45, 7) is 3.78. The Kier molecular flexibility index (Phi) is 6.37. The summed E-state index contributed by atoms with van der Waals surface area (Å²) in [4.78, 5) is 0. The smallest absolute Gasteiger partial charge is 0 e. The number of allylic oxidation sites excluding steroid dienone is 2. The summed E-state index contributed by atoms with van der Waals surface area (Å²) in [6, 6.07) is 20.7. The van der Waals surface area contributed by atoms with E-state index in [1.807, 2.05) is 24.3 Å². The molecule has 0 aliphatic heterocycles. The van der Waals surface area contributed by atoms with Crippen LogP contribution in [0, 0.1) is 40.4 Å². The van der Waals surface area contributed by atoms with Gasteiger partial charge in [0.1, 0.15) is 0 Å². The van der Waals surface area contributed by atoms with Crippen LogP contribution in [0.5, 0.6) is 0 Å². The van der Waals surface area contributed by atoms with Crippen LogP contribution in [0.25, 0.3) is 5.57 Å². The molecule has 0 N–H and O–H groups in total. The molecule has 2 aromatic carbocycles. The van der Waals surface area contributed by atoms with Crippen molar-refractivity contribution < 1.29 is 40.4 Å². The Hall–Kier alpha value is -0.742. The van der Waals surface area contributed by atoms with Crippen molar-refractivity contribution in [3.63, 3.8) is 0 Å². The second-order valence-electron chi connectivity index (χ2n) is 3.55. The Bertz CT molecular complexity index is 442. The molecular weight excluding hydrogens is 343 g/mol. The van der Waals surface area contributed by atoms with Gasteiger partial charge in [0.15, 0.2) is 0 Å². The van der Waals surface area contributed by atoms with E-state index >= 15 is 0 Å². The van der Waals surface area contributed by atoms with Gasteiger partial charge in [-0.25, -0.2) is 0 Å². The first-order chi connectivity index (χ1) is 7.92. The van der Waals surface area contributed by atoms with E-state index in [0.717, 1.165) is 0 Å². The van der Waals surface area contributed by atoms with Crippen LogP contribution in [0.2, 0.25) is 0 Å². The van der Waals surface area contributed by atoms with Gasteiger partial charge < -0.3 is 0 Å². The van der Waals surface area contributed by atoms with E-state index in [1.54, 1.807) is 0 Å². The minimum Gasteiger partial charge on any atom is -0.0990 e. The van der Waals surface area contributed by atoms with E-state index in [9.17, 15) is 0 Å². The zero-order valence-electron chi connectivity index (χ0n) is 9.54. The molecule has 0 aliphatic rings. The first kappa shape index (κ1) is 14.3. The van der Waals surface area contributed by atoms with E-state index in [-0.39, 0.29) is 40.4 Å². The Balaban J connectivity index is 0.00000144. The molecule has 0 aromatic heterocycles. The zero-order valence-corrected chi connectivity index (χ0v) is 12.2. The molecule has 0 amide bonds. The van der Waals surface area contributed by atoms with Crippen molar-refractivity contribution in [1.29, 1.82) is 0 Å². The van der Waals surface area contributed by atoms with E-state index in [0.29, 0.717) is 0 Å². The van der Waals surface area contributed by atoms with Gasteiger partial charge in [0, 0.05) is 40.4 Å². The second kappa shape index (κ2) is 7.56. The predicted molar refractivity (Wildman–Crippen MR) is 70.2 cm³/mol. The molecule has 2 aromatic rings. The van der Waals surface area contributed by atoms with E-state index in [2.05, 4.69) is 55.1 Å². The first-order valence-corrected chi connectivity index (χ1v) is 5.35. The molecule has 0 atom stereocenters. The average Bonchev–Trinajstić information content (AvgIpc) is 2.38. The molecule has 84 valence electrons. The topological polar surface area (TPSA) is 0 Å². The maximum Gasteiger partial charge on any atom is 0 e. The molecule has 0 saturated heterocycles. The van der Waals surface area contributed by atoms with E-state index in [1.165, 1.54) is 16.7 Å². The van der Waals surface area contributed by atoms with Crippen molar-refractivity contribution in [2.75, 3.05) is 0 Å². The van der Waals surface area contributed by atoms with Gasteiger partial charge in [-0.05, 0) is 16.7 Å². The average molecular weight is 357 g/mol. The van der Waals surface area contributed by atoms with Crippen LogP contribution in [-0.2, 0) is 0 Å². The van der Waals surface area contributed by atoms with Gasteiger partial charge in [-0.3, -0.25) is 0 Å². The third-order valence-electron chi connectivity index (χ3n) is 2.45. The minimum atomic E-state index is 0. The van der Waals surface area contributed by atoms with Gasteiger partial charge in [-0.15, -0.1) is 0 Å². The molecule has 0 saturated carbocycles. The van der Waals surface area contributed by atoms with Gasteiger partial charge in [0.05, 0.1) is 0 Å². The van der Waals surface area contributed by atoms with Crippen molar-refractivity contribution in [2.45, 2.75) is 0 Å². The van der Waals surface area contributed by atoms with Crippen LogP contribution in [0.1, 0.15) is 11.1 Å². The Labute approximate surface area is 135 Å². The summed E-state index contributed by atoms with van der Waals surface area (Å²) in [5.41, 5.74) is 3.64. The number of rotatable bonds is 3. The summed E-state index contributed by atoms with van der Waals surface area (Å²) in [6.07, 6.45) is 3.88. The SMILES string of the molecule is C=CC=C(c1ccccc1)c1ccccc1.[Sm]. The zero-order chi connectivity index (χ0) is 11.2. The third kappa shape index (κ3) is 3.89. The standard InChI is InChI=1S/C16H14.Sm/c1-2-9-16(14-10-5-3-6-11-14)15-12-7-4-8-13-15;/h2-13H,1H2;. The van der Waals surface area contributed by atoms with Gasteiger partial charge in [0.2, 0.25) is 0 Å². The molecular formula is C16H14Sm. The Morgan fingerprint density at radius 1 is 0.765 bits per heavy atom. The molecule has 0 fully saturated rings. The molecule has 0 bridgehead atoms. The first-order valence-electron chi connectivity index (χ1n) is 5.35. The van der Waals surface area contributed by atoms with Crippen LogP contribution in [0.3, 0.4) is 0 Å². The monoisotopic (exact) mass is 358 g/mol. The van der Waals surface area contributed by atoms with Crippen LogP contribution in [-0.4, -0.2) is 0 Å².